The standard InChI is InChI=1S/C14H8F3NO2S/c15-14(16,17)10-5-6-12(13(7-10)18(19)20)11-4-2-1-3-9(11)8-21/h1-8H. The number of rotatable bonds is 3. The second-order valence-corrected chi connectivity index (χ2v) is 4.43. The number of thiocarbonyl (C=S) groups is 1. The Labute approximate surface area is 123 Å². The van der Waals surface area contributed by atoms with Crippen molar-refractivity contribution in [2.75, 3.05) is 0 Å². The van der Waals surface area contributed by atoms with Crippen LogP contribution in [-0.2, 0) is 6.18 Å². The lowest BCUT2D eigenvalue weighted by atomic mass is 9.97. The van der Waals surface area contributed by atoms with Gasteiger partial charge in [0.05, 0.1) is 16.1 Å². The van der Waals surface area contributed by atoms with E-state index in [0.717, 1.165) is 12.1 Å². The summed E-state index contributed by atoms with van der Waals surface area (Å²) in [6.07, 6.45) is -4.63. The van der Waals surface area contributed by atoms with Crippen LogP contribution in [0.25, 0.3) is 11.1 Å². The Kier molecular flexibility index (Phi) is 4.04. The summed E-state index contributed by atoms with van der Waals surface area (Å²) >= 11 is 4.83. The summed E-state index contributed by atoms with van der Waals surface area (Å²) < 4.78 is 38.0. The van der Waals surface area contributed by atoms with Crippen LogP contribution >= 0.6 is 12.2 Å². The van der Waals surface area contributed by atoms with Crippen LogP contribution in [0.5, 0.6) is 0 Å². The fourth-order valence-electron chi connectivity index (χ4n) is 1.93. The van der Waals surface area contributed by atoms with Crippen molar-refractivity contribution in [1.82, 2.24) is 0 Å². The number of alkyl halides is 3. The van der Waals surface area contributed by atoms with Crippen LogP contribution in [0.2, 0.25) is 0 Å². The molecule has 0 saturated carbocycles. The van der Waals surface area contributed by atoms with Crippen LogP contribution in [0.3, 0.4) is 0 Å². The Morgan fingerprint density at radius 1 is 1.10 bits per heavy atom. The number of nitro benzene ring substituents is 1. The Bertz CT molecular complexity index is 714. The van der Waals surface area contributed by atoms with Gasteiger partial charge in [-0.15, -0.1) is 0 Å². The first-order valence-corrected chi connectivity index (χ1v) is 6.22. The summed E-state index contributed by atoms with van der Waals surface area (Å²) in [5.41, 5.74) is -0.597. The molecule has 0 aliphatic carbocycles. The number of benzene rings is 2. The molecule has 21 heavy (non-hydrogen) atoms. The SMILES string of the molecule is O=[N+]([O-])c1cc(C(F)(F)F)ccc1-c1ccccc1C=S. The Morgan fingerprint density at radius 2 is 1.76 bits per heavy atom. The lowest BCUT2D eigenvalue weighted by molar-refractivity contribution is -0.384. The highest BCUT2D eigenvalue weighted by atomic mass is 32.1. The predicted molar refractivity (Wildman–Crippen MR) is 76.3 cm³/mol. The van der Waals surface area contributed by atoms with E-state index in [9.17, 15) is 23.3 Å². The van der Waals surface area contributed by atoms with Crippen molar-refractivity contribution in [3.05, 3.63) is 63.7 Å². The first-order valence-electron chi connectivity index (χ1n) is 5.75. The monoisotopic (exact) mass is 311 g/mol. The van der Waals surface area contributed by atoms with E-state index in [0.29, 0.717) is 17.2 Å². The molecule has 0 radical (unpaired) electrons. The van der Waals surface area contributed by atoms with Crippen LogP contribution in [0.1, 0.15) is 11.1 Å². The van der Waals surface area contributed by atoms with E-state index in [-0.39, 0.29) is 5.56 Å². The van der Waals surface area contributed by atoms with Crippen molar-refractivity contribution in [3.63, 3.8) is 0 Å². The number of hydrogen-bond acceptors (Lipinski definition) is 3. The third-order valence-electron chi connectivity index (χ3n) is 2.90. The van der Waals surface area contributed by atoms with Gasteiger partial charge < -0.3 is 0 Å². The molecular weight excluding hydrogens is 303 g/mol. The van der Waals surface area contributed by atoms with E-state index in [1.807, 2.05) is 0 Å². The fourth-order valence-corrected chi connectivity index (χ4v) is 2.14. The second kappa shape index (κ2) is 5.61. The summed E-state index contributed by atoms with van der Waals surface area (Å²) in [7, 11) is 0. The van der Waals surface area contributed by atoms with Gasteiger partial charge in [0, 0.05) is 11.4 Å². The Hall–Kier alpha value is -2.28. The summed E-state index contributed by atoms with van der Waals surface area (Å²) in [6.45, 7) is 0. The average Bonchev–Trinajstić information content (AvgIpc) is 2.45. The lowest BCUT2D eigenvalue weighted by Crippen LogP contribution is -2.06. The highest BCUT2D eigenvalue weighted by molar-refractivity contribution is 7.79. The second-order valence-electron chi connectivity index (χ2n) is 4.19. The van der Waals surface area contributed by atoms with Gasteiger partial charge in [0.25, 0.3) is 5.69 Å². The molecule has 0 aliphatic heterocycles. The average molecular weight is 311 g/mol. The summed E-state index contributed by atoms with van der Waals surface area (Å²) in [4.78, 5) is 10.2. The first kappa shape index (κ1) is 15.1. The molecule has 2 aromatic carbocycles. The van der Waals surface area contributed by atoms with E-state index in [1.165, 1.54) is 5.37 Å². The molecule has 2 aromatic rings. The summed E-state index contributed by atoms with van der Waals surface area (Å²) in [5, 5.41) is 12.4. The van der Waals surface area contributed by atoms with Crippen molar-refractivity contribution in [3.8, 4) is 11.1 Å². The van der Waals surface area contributed by atoms with Crippen molar-refractivity contribution >= 4 is 23.3 Å². The van der Waals surface area contributed by atoms with Gasteiger partial charge >= 0.3 is 6.18 Å². The maximum absolute atomic E-state index is 12.7. The third kappa shape index (κ3) is 3.08. The number of nitrogens with zero attached hydrogens (tertiary/aromatic N) is 1. The van der Waals surface area contributed by atoms with Crippen molar-refractivity contribution in [2.45, 2.75) is 6.18 Å². The van der Waals surface area contributed by atoms with Gasteiger partial charge in [0.15, 0.2) is 0 Å². The van der Waals surface area contributed by atoms with Crippen LogP contribution < -0.4 is 0 Å². The molecule has 3 nitrogen and oxygen atoms in total. The van der Waals surface area contributed by atoms with Gasteiger partial charge in [-0.05, 0) is 23.3 Å². The maximum Gasteiger partial charge on any atom is 0.416 e. The largest absolute Gasteiger partial charge is 0.416 e. The molecule has 108 valence electrons. The van der Waals surface area contributed by atoms with Gasteiger partial charge in [0.2, 0.25) is 0 Å². The molecule has 0 heterocycles. The van der Waals surface area contributed by atoms with Gasteiger partial charge in [-0.3, -0.25) is 10.1 Å². The smallest absolute Gasteiger partial charge is 0.258 e. The van der Waals surface area contributed by atoms with E-state index in [4.69, 9.17) is 12.2 Å². The minimum Gasteiger partial charge on any atom is -0.258 e. The van der Waals surface area contributed by atoms with E-state index in [2.05, 4.69) is 0 Å². The number of halogens is 3. The van der Waals surface area contributed by atoms with Gasteiger partial charge in [-0.2, -0.15) is 13.2 Å². The van der Waals surface area contributed by atoms with Crippen LogP contribution in [0.15, 0.2) is 42.5 Å². The van der Waals surface area contributed by atoms with Crippen LogP contribution in [0, 0.1) is 10.1 Å². The molecule has 0 saturated heterocycles. The molecule has 2 rings (SSSR count). The van der Waals surface area contributed by atoms with E-state index >= 15 is 0 Å². The minimum atomic E-state index is -4.63. The number of hydrogen-bond donors (Lipinski definition) is 0. The lowest BCUT2D eigenvalue weighted by Gasteiger charge is -2.10. The van der Waals surface area contributed by atoms with E-state index in [1.54, 1.807) is 24.3 Å². The molecule has 0 unspecified atom stereocenters. The molecule has 0 spiro atoms. The van der Waals surface area contributed by atoms with Crippen molar-refractivity contribution in [1.29, 1.82) is 0 Å². The van der Waals surface area contributed by atoms with E-state index < -0.39 is 22.4 Å². The number of nitro groups is 1. The molecule has 0 amide bonds. The zero-order valence-corrected chi connectivity index (χ0v) is 11.2. The molecular formula is C14H8F3NO2S. The zero-order chi connectivity index (χ0) is 15.6. The molecule has 0 fully saturated rings. The first-order chi connectivity index (χ1) is 9.84. The normalized spacial score (nSPS) is 11.2. The molecule has 0 bridgehead atoms. The van der Waals surface area contributed by atoms with Crippen molar-refractivity contribution < 1.29 is 18.1 Å². The van der Waals surface area contributed by atoms with Gasteiger partial charge in [-0.1, -0.05) is 36.5 Å². The Morgan fingerprint density at radius 3 is 2.33 bits per heavy atom. The highest BCUT2D eigenvalue weighted by Crippen LogP contribution is 2.37. The quantitative estimate of drug-likeness (QED) is 0.471. The topological polar surface area (TPSA) is 43.1 Å². The maximum atomic E-state index is 12.7. The van der Waals surface area contributed by atoms with Gasteiger partial charge in [-0.25, -0.2) is 0 Å². The van der Waals surface area contributed by atoms with Gasteiger partial charge in [0.1, 0.15) is 0 Å². The molecule has 0 aliphatic rings. The molecule has 7 heteroatoms. The minimum absolute atomic E-state index is 0.102. The summed E-state index contributed by atoms with van der Waals surface area (Å²) in [5.74, 6) is 0. The molecule has 0 aromatic heterocycles. The zero-order valence-electron chi connectivity index (χ0n) is 10.4. The summed E-state index contributed by atoms with van der Waals surface area (Å²) in [6, 6.07) is 9.00. The predicted octanol–water partition coefficient (Wildman–Crippen LogP) is 4.63. The molecule has 0 atom stereocenters. The van der Waals surface area contributed by atoms with Crippen LogP contribution in [-0.4, -0.2) is 10.3 Å². The Balaban J connectivity index is 2.70. The molecule has 0 N–H and O–H groups in total. The van der Waals surface area contributed by atoms with Crippen molar-refractivity contribution in [2.24, 2.45) is 0 Å². The third-order valence-corrected chi connectivity index (χ3v) is 3.15. The van der Waals surface area contributed by atoms with Crippen LogP contribution in [0.4, 0.5) is 18.9 Å². The highest BCUT2D eigenvalue weighted by Gasteiger charge is 2.33. The fraction of sp³-hybridized carbons (Fsp3) is 0.0714.